The minimum absolute atomic E-state index is 0.189. The van der Waals surface area contributed by atoms with Crippen LogP contribution < -0.4 is 0 Å². The molecule has 0 heterocycles. The predicted octanol–water partition coefficient (Wildman–Crippen LogP) is 1.81. The van der Waals surface area contributed by atoms with E-state index >= 15 is 0 Å². The summed E-state index contributed by atoms with van der Waals surface area (Å²) in [6.45, 7) is 2.24. The molecule has 0 fully saturated rings. The van der Waals surface area contributed by atoms with E-state index in [9.17, 15) is 4.79 Å². The van der Waals surface area contributed by atoms with E-state index in [4.69, 9.17) is 9.47 Å². The molecule has 0 saturated heterocycles. The van der Waals surface area contributed by atoms with Gasteiger partial charge in [0.05, 0.1) is 13.0 Å². The van der Waals surface area contributed by atoms with E-state index in [1.165, 1.54) is 0 Å². The van der Waals surface area contributed by atoms with E-state index in [1.807, 2.05) is 37.3 Å². The van der Waals surface area contributed by atoms with E-state index < -0.39 is 0 Å². The van der Waals surface area contributed by atoms with Gasteiger partial charge in [-0.3, -0.25) is 4.79 Å². The highest BCUT2D eigenvalue weighted by molar-refractivity contribution is 5.72. The number of hydrogen-bond donors (Lipinski definition) is 0. The minimum atomic E-state index is -0.217. The summed E-state index contributed by atoms with van der Waals surface area (Å²) in [5.41, 5.74) is 0.965. The van der Waals surface area contributed by atoms with E-state index in [0.29, 0.717) is 13.0 Å². The molecule has 3 nitrogen and oxygen atoms in total. The Morgan fingerprint density at radius 1 is 1.33 bits per heavy atom. The molecule has 1 aromatic rings. The molecule has 82 valence electrons. The fourth-order valence-corrected chi connectivity index (χ4v) is 1.30. The van der Waals surface area contributed by atoms with Crippen LogP contribution in [0.2, 0.25) is 0 Å². The lowest BCUT2D eigenvalue weighted by molar-refractivity contribution is -0.149. The molecule has 0 radical (unpaired) electrons. The molecule has 1 rings (SSSR count). The average Bonchev–Trinajstić information content (AvgIpc) is 2.19. The third-order valence-corrected chi connectivity index (χ3v) is 1.93. The summed E-state index contributed by atoms with van der Waals surface area (Å²) < 4.78 is 10.0. The summed E-state index contributed by atoms with van der Waals surface area (Å²) in [5, 5.41) is 0. The first kappa shape index (κ1) is 11.7. The van der Waals surface area contributed by atoms with Gasteiger partial charge in [0, 0.05) is 7.11 Å². The van der Waals surface area contributed by atoms with E-state index in [2.05, 4.69) is 0 Å². The molecular formula is C12H16O3. The summed E-state index contributed by atoms with van der Waals surface area (Å²) in [7, 11) is 1.58. The Labute approximate surface area is 90.0 Å². The largest absolute Gasteiger partial charge is 0.460 e. The zero-order valence-electron chi connectivity index (χ0n) is 9.10. The highest BCUT2D eigenvalue weighted by atomic mass is 16.6. The molecule has 0 amide bonds. The van der Waals surface area contributed by atoms with Gasteiger partial charge in [-0.05, 0) is 12.5 Å². The maximum Gasteiger partial charge on any atom is 0.310 e. The number of carbonyl (C=O) groups excluding carboxylic acids is 1. The van der Waals surface area contributed by atoms with Crippen molar-refractivity contribution < 1.29 is 14.3 Å². The topological polar surface area (TPSA) is 35.5 Å². The quantitative estimate of drug-likeness (QED) is 0.692. The van der Waals surface area contributed by atoms with Gasteiger partial charge in [0.15, 0.2) is 0 Å². The van der Waals surface area contributed by atoms with Crippen molar-refractivity contribution in [3.8, 4) is 0 Å². The van der Waals surface area contributed by atoms with Gasteiger partial charge in [-0.2, -0.15) is 0 Å². The van der Waals surface area contributed by atoms with Gasteiger partial charge >= 0.3 is 5.97 Å². The monoisotopic (exact) mass is 208 g/mol. The maximum absolute atomic E-state index is 11.4. The van der Waals surface area contributed by atoms with Crippen LogP contribution in [-0.4, -0.2) is 25.8 Å². The Kier molecular flexibility index (Phi) is 4.84. The molecule has 15 heavy (non-hydrogen) atoms. The van der Waals surface area contributed by atoms with Crippen molar-refractivity contribution in [1.29, 1.82) is 0 Å². The number of benzene rings is 1. The van der Waals surface area contributed by atoms with Crippen molar-refractivity contribution in [3.05, 3.63) is 35.9 Å². The van der Waals surface area contributed by atoms with Crippen molar-refractivity contribution in [2.45, 2.75) is 19.4 Å². The lowest BCUT2D eigenvalue weighted by Crippen LogP contribution is -2.20. The van der Waals surface area contributed by atoms with Gasteiger partial charge in [0.1, 0.15) is 6.10 Å². The molecule has 0 N–H and O–H groups in total. The van der Waals surface area contributed by atoms with Gasteiger partial charge in [0.2, 0.25) is 0 Å². The molecular weight excluding hydrogens is 192 g/mol. The van der Waals surface area contributed by atoms with Gasteiger partial charge in [0.25, 0.3) is 0 Å². The van der Waals surface area contributed by atoms with Crippen molar-refractivity contribution >= 4 is 5.97 Å². The average molecular weight is 208 g/mol. The lowest BCUT2D eigenvalue weighted by atomic mass is 10.2. The number of hydrogen-bond acceptors (Lipinski definition) is 3. The predicted molar refractivity (Wildman–Crippen MR) is 57.6 cm³/mol. The number of rotatable bonds is 5. The van der Waals surface area contributed by atoms with E-state index in [1.54, 1.807) is 7.11 Å². The Morgan fingerprint density at radius 3 is 2.60 bits per heavy atom. The first-order valence-electron chi connectivity index (χ1n) is 4.94. The Bertz CT molecular complexity index is 295. The third kappa shape index (κ3) is 4.61. The van der Waals surface area contributed by atoms with Crippen LogP contribution in [0.1, 0.15) is 12.5 Å². The molecule has 3 heteroatoms. The Morgan fingerprint density at radius 2 is 2.00 bits per heavy atom. The van der Waals surface area contributed by atoms with Gasteiger partial charge in [-0.1, -0.05) is 30.3 Å². The highest BCUT2D eigenvalue weighted by Crippen LogP contribution is 2.02. The summed E-state index contributed by atoms with van der Waals surface area (Å²) in [6, 6.07) is 9.54. The number of carbonyl (C=O) groups is 1. The second-order valence-electron chi connectivity index (χ2n) is 3.42. The van der Waals surface area contributed by atoms with Crippen molar-refractivity contribution in [3.63, 3.8) is 0 Å². The highest BCUT2D eigenvalue weighted by Gasteiger charge is 2.09. The van der Waals surface area contributed by atoms with Crippen LogP contribution in [0.4, 0.5) is 0 Å². The van der Waals surface area contributed by atoms with Crippen LogP contribution in [0, 0.1) is 0 Å². The van der Waals surface area contributed by atoms with Crippen LogP contribution in [0.15, 0.2) is 30.3 Å². The fourth-order valence-electron chi connectivity index (χ4n) is 1.30. The van der Waals surface area contributed by atoms with E-state index in [0.717, 1.165) is 5.56 Å². The molecule has 0 bridgehead atoms. The summed E-state index contributed by atoms with van der Waals surface area (Å²) in [5.74, 6) is -0.217. The number of esters is 1. The van der Waals surface area contributed by atoms with Gasteiger partial charge < -0.3 is 9.47 Å². The van der Waals surface area contributed by atoms with Gasteiger partial charge in [-0.25, -0.2) is 0 Å². The zero-order valence-corrected chi connectivity index (χ0v) is 9.10. The second kappa shape index (κ2) is 6.19. The third-order valence-electron chi connectivity index (χ3n) is 1.93. The first-order valence-corrected chi connectivity index (χ1v) is 4.94. The molecule has 1 aromatic carbocycles. The molecule has 1 atom stereocenters. The zero-order chi connectivity index (χ0) is 11.1. The normalized spacial score (nSPS) is 12.1. The number of methoxy groups -OCH3 is 1. The standard InChI is InChI=1S/C12H16O3/c1-10(9-14-2)15-12(13)8-11-6-4-3-5-7-11/h3-7,10H,8-9H2,1-2H3/t10-/m1/s1. The molecule has 0 aromatic heterocycles. The molecule has 0 aliphatic rings. The molecule has 0 aliphatic carbocycles. The van der Waals surface area contributed by atoms with Crippen LogP contribution >= 0.6 is 0 Å². The summed E-state index contributed by atoms with van der Waals surface area (Å²) >= 11 is 0. The second-order valence-corrected chi connectivity index (χ2v) is 3.42. The van der Waals surface area contributed by atoms with Gasteiger partial charge in [-0.15, -0.1) is 0 Å². The lowest BCUT2D eigenvalue weighted by Gasteiger charge is -2.11. The van der Waals surface area contributed by atoms with Crippen LogP contribution in [0.5, 0.6) is 0 Å². The van der Waals surface area contributed by atoms with Crippen LogP contribution in [0.25, 0.3) is 0 Å². The van der Waals surface area contributed by atoms with Crippen LogP contribution in [0.3, 0.4) is 0 Å². The van der Waals surface area contributed by atoms with Crippen LogP contribution in [-0.2, 0) is 20.7 Å². The first-order chi connectivity index (χ1) is 7.22. The van der Waals surface area contributed by atoms with Crippen molar-refractivity contribution in [2.75, 3.05) is 13.7 Å². The smallest absolute Gasteiger partial charge is 0.310 e. The maximum atomic E-state index is 11.4. The number of ether oxygens (including phenoxy) is 2. The molecule has 0 unspecified atom stereocenters. The fraction of sp³-hybridized carbons (Fsp3) is 0.417. The molecule has 0 aliphatic heterocycles. The summed E-state index contributed by atoms with van der Waals surface area (Å²) in [4.78, 5) is 11.4. The minimum Gasteiger partial charge on any atom is -0.460 e. The van der Waals surface area contributed by atoms with Crippen molar-refractivity contribution in [1.82, 2.24) is 0 Å². The van der Waals surface area contributed by atoms with E-state index in [-0.39, 0.29) is 12.1 Å². The molecule has 0 spiro atoms. The Hall–Kier alpha value is -1.35. The summed E-state index contributed by atoms with van der Waals surface area (Å²) in [6.07, 6.45) is 0.126. The molecule has 0 saturated carbocycles. The van der Waals surface area contributed by atoms with Crippen molar-refractivity contribution in [2.24, 2.45) is 0 Å². The SMILES string of the molecule is COC[C@@H](C)OC(=O)Cc1ccccc1. The Balaban J connectivity index is 2.36.